The molecule has 0 aliphatic carbocycles. The number of nitrogens with zero attached hydrogens (tertiary/aromatic N) is 3. The lowest BCUT2D eigenvalue weighted by Gasteiger charge is -2.08. The highest BCUT2D eigenvalue weighted by molar-refractivity contribution is 5.76. The van der Waals surface area contributed by atoms with Gasteiger partial charge in [-0.25, -0.2) is 0 Å². The monoisotopic (exact) mass is 334 g/mol. The number of benzene rings is 1. The van der Waals surface area contributed by atoms with E-state index in [9.17, 15) is 4.79 Å². The summed E-state index contributed by atoms with van der Waals surface area (Å²) in [5.74, 6) is 0.0510. The van der Waals surface area contributed by atoms with Gasteiger partial charge in [0.25, 0.3) is 0 Å². The van der Waals surface area contributed by atoms with Crippen molar-refractivity contribution < 1.29 is 4.79 Å². The molecule has 3 rings (SSSR count). The highest BCUT2D eigenvalue weighted by atomic mass is 16.1. The van der Waals surface area contributed by atoms with Crippen LogP contribution < -0.4 is 5.32 Å². The maximum absolute atomic E-state index is 12.1. The fraction of sp³-hybridized carbons (Fsp3) is 0.250. The van der Waals surface area contributed by atoms with Crippen molar-refractivity contribution in [1.29, 1.82) is 0 Å². The second kappa shape index (κ2) is 7.75. The number of carbonyl (C=O) groups is 1. The number of hydrogen-bond donors (Lipinski definition) is 1. The molecule has 0 fully saturated rings. The molecule has 1 N–H and O–H groups in total. The largest absolute Gasteiger partial charge is 0.352 e. The summed E-state index contributed by atoms with van der Waals surface area (Å²) in [6, 6.07) is 10.2. The standard InChI is InChI=1S/C20H22N4O/c1-15-5-3-4-6-17(15)7-8-20(25)22-11-16-9-18(12-21-10-16)19-13-23-24(2)14-19/h3-6,9-10,12-14H,7-8,11H2,1-2H3,(H,22,25). The van der Waals surface area contributed by atoms with Crippen molar-refractivity contribution in [3.05, 3.63) is 71.8 Å². The second-order valence-corrected chi connectivity index (χ2v) is 6.19. The molecular weight excluding hydrogens is 312 g/mol. The normalized spacial score (nSPS) is 10.6. The Kier molecular flexibility index (Phi) is 5.23. The molecule has 2 aromatic heterocycles. The minimum absolute atomic E-state index is 0.0510. The number of rotatable bonds is 6. The molecule has 0 bridgehead atoms. The van der Waals surface area contributed by atoms with Crippen molar-refractivity contribution in [3.63, 3.8) is 0 Å². The maximum atomic E-state index is 12.1. The molecule has 0 aliphatic rings. The van der Waals surface area contributed by atoms with Gasteiger partial charge in [0.1, 0.15) is 0 Å². The molecule has 0 aliphatic heterocycles. The van der Waals surface area contributed by atoms with E-state index in [1.165, 1.54) is 11.1 Å². The van der Waals surface area contributed by atoms with E-state index in [4.69, 9.17) is 0 Å². The van der Waals surface area contributed by atoms with Crippen LogP contribution in [-0.2, 0) is 24.8 Å². The molecule has 1 aromatic carbocycles. The zero-order valence-electron chi connectivity index (χ0n) is 14.6. The molecule has 0 spiro atoms. The van der Waals surface area contributed by atoms with Gasteiger partial charge in [0.2, 0.25) is 5.91 Å². The third kappa shape index (κ3) is 4.53. The van der Waals surface area contributed by atoms with Crippen molar-refractivity contribution in [2.24, 2.45) is 7.05 Å². The van der Waals surface area contributed by atoms with E-state index in [2.05, 4.69) is 34.5 Å². The Bertz CT molecular complexity index is 869. The molecule has 0 radical (unpaired) electrons. The van der Waals surface area contributed by atoms with Crippen molar-refractivity contribution in [2.45, 2.75) is 26.3 Å². The lowest BCUT2D eigenvalue weighted by Crippen LogP contribution is -2.23. The number of aryl methyl sites for hydroxylation is 3. The molecule has 5 nitrogen and oxygen atoms in total. The second-order valence-electron chi connectivity index (χ2n) is 6.19. The molecule has 2 heterocycles. The van der Waals surface area contributed by atoms with Crippen LogP contribution >= 0.6 is 0 Å². The first-order valence-corrected chi connectivity index (χ1v) is 8.36. The van der Waals surface area contributed by atoms with E-state index in [1.807, 2.05) is 37.6 Å². The van der Waals surface area contributed by atoms with Gasteiger partial charge < -0.3 is 5.32 Å². The van der Waals surface area contributed by atoms with E-state index in [1.54, 1.807) is 17.1 Å². The molecule has 25 heavy (non-hydrogen) atoms. The van der Waals surface area contributed by atoms with Crippen LogP contribution in [0.15, 0.2) is 55.1 Å². The molecule has 0 saturated carbocycles. The number of hydrogen-bond acceptors (Lipinski definition) is 3. The lowest BCUT2D eigenvalue weighted by atomic mass is 10.0. The van der Waals surface area contributed by atoms with Gasteiger partial charge in [0.05, 0.1) is 6.20 Å². The van der Waals surface area contributed by atoms with Gasteiger partial charge in [-0.05, 0) is 36.1 Å². The Hall–Kier alpha value is -2.95. The summed E-state index contributed by atoms with van der Waals surface area (Å²) in [6.45, 7) is 2.55. The highest BCUT2D eigenvalue weighted by Gasteiger charge is 2.06. The van der Waals surface area contributed by atoms with Crippen LogP contribution in [-0.4, -0.2) is 20.7 Å². The zero-order chi connectivity index (χ0) is 17.6. The van der Waals surface area contributed by atoms with Gasteiger partial charge in [0.15, 0.2) is 0 Å². The first-order chi connectivity index (χ1) is 12.1. The highest BCUT2D eigenvalue weighted by Crippen LogP contribution is 2.18. The molecule has 128 valence electrons. The summed E-state index contributed by atoms with van der Waals surface area (Å²) in [6.07, 6.45) is 8.58. The third-order valence-electron chi connectivity index (χ3n) is 4.21. The molecular formula is C20H22N4O. The average Bonchev–Trinajstić information content (AvgIpc) is 3.06. The van der Waals surface area contributed by atoms with E-state index >= 15 is 0 Å². The molecule has 0 saturated heterocycles. The Morgan fingerprint density at radius 3 is 2.76 bits per heavy atom. The van der Waals surface area contributed by atoms with Crippen molar-refractivity contribution >= 4 is 5.91 Å². The minimum Gasteiger partial charge on any atom is -0.352 e. The number of amides is 1. The summed E-state index contributed by atoms with van der Waals surface area (Å²) in [4.78, 5) is 16.4. The minimum atomic E-state index is 0.0510. The lowest BCUT2D eigenvalue weighted by molar-refractivity contribution is -0.121. The smallest absolute Gasteiger partial charge is 0.220 e. The van der Waals surface area contributed by atoms with Gasteiger partial charge in [-0.3, -0.25) is 14.5 Å². The van der Waals surface area contributed by atoms with Gasteiger partial charge in [-0.1, -0.05) is 24.3 Å². The van der Waals surface area contributed by atoms with Crippen LogP contribution in [0.5, 0.6) is 0 Å². The molecule has 1 amide bonds. The molecule has 3 aromatic rings. The van der Waals surface area contributed by atoms with Crippen LogP contribution in [0, 0.1) is 6.92 Å². The Labute approximate surface area is 147 Å². The summed E-state index contributed by atoms with van der Waals surface area (Å²) < 4.78 is 1.76. The summed E-state index contributed by atoms with van der Waals surface area (Å²) >= 11 is 0. The summed E-state index contributed by atoms with van der Waals surface area (Å²) in [7, 11) is 1.88. The zero-order valence-corrected chi connectivity index (χ0v) is 14.6. The van der Waals surface area contributed by atoms with E-state index in [0.29, 0.717) is 13.0 Å². The Morgan fingerprint density at radius 1 is 1.16 bits per heavy atom. The predicted octanol–water partition coefficient (Wildman–Crippen LogP) is 3.04. The topological polar surface area (TPSA) is 59.8 Å². The number of carbonyl (C=O) groups excluding carboxylic acids is 1. The van der Waals surface area contributed by atoms with E-state index < -0.39 is 0 Å². The maximum Gasteiger partial charge on any atom is 0.220 e. The quantitative estimate of drug-likeness (QED) is 0.754. The third-order valence-corrected chi connectivity index (χ3v) is 4.21. The number of nitrogens with one attached hydrogen (secondary N) is 1. The van der Waals surface area contributed by atoms with Gasteiger partial charge >= 0.3 is 0 Å². The average molecular weight is 334 g/mol. The molecule has 5 heteroatoms. The fourth-order valence-corrected chi connectivity index (χ4v) is 2.74. The van der Waals surface area contributed by atoms with Crippen molar-refractivity contribution in [2.75, 3.05) is 0 Å². The van der Waals surface area contributed by atoms with Crippen LogP contribution in [0.2, 0.25) is 0 Å². The Balaban J connectivity index is 1.55. The van der Waals surface area contributed by atoms with Gasteiger partial charge in [-0.2, -0.15) is 5.10 Å². The fourth-order valence-electron chi connectivity index (χ4n) is 2.74. The van der Waals surface area contributed by atoms with E-state index in [0.717, 1.165) is 23.1 Å². The van der Waals surface area contributed by atoms with Crippen molar-refractivity contribution in [1.82, 2.24) is 20.1 Å². The van der Waals surface area contributed by atoms with Crippen LogP contribution in [0.25, 0.3) is 11.1 Å². The van der Waals surface area contributed by atoms with Crippen LogP contribution in [0.3, 0.4) is 0 Å². The van der Waals surface area contributed by atoms with Crippen LogP contribution in [0.4, 0.5) is 0 Å². The first-order valence-electron chi connectivity index (χ1n) is 8.36. The van der Waals surface area contributed by atoms with Crippen molar-refractivity contribution in [3.8, 4) is 11.1 Å². The first kappa shape index (κ1) is 16.9. The molecule has 0 unspecified atom stereocenters. The number of aromatic nitrogens is 3. The summed E-state index contributed by atoms with van der Waals surface area (Å²) in [5, 5.41) is 7.15. The number of pyridine rings is 1. The van der Waals surface area contributed by atoms with Gasteiger partial charge in [0, 0.05) is 49.7 Å². The SMILES string of the molecule is Cc1ccccc1CCC(=O)NCc1cncc(-c2cnn(C)c2)c1. The predicted molar refractivity (Wildman–Crippen MR) is 97.8 cm³/mol. The van der Waals surface area contributed by atoms with Crippen LogP contribution in [0.1, 0.15) is 23.1 Å². The Morgan fingerprint density at radius 2 is 2.00 bits per heavy atom. The van der Waals surface area contributed by atoms with E-state index in [-0.39, 0.29) is 5.91 Å². The summed E-state index contributed by atoms with van der Waals surface area (Å²) in [5.41, 5.74) is 5.44. The van der Waals surface area contributed by atoms with Gasteiger partial charge in [-0.15, -0.1) is 0 Å². The molecule has 0 atom stereocenters.